The lowest BCUT2D eigenvalue weighted by atomic mass is 10.1. The number of nitrogens with zero attached hydrogens (tertiary/aromatic N) is 3. The van der Waals surface area contributed by atoms with Gasteiger partial charge in [-0.05, 0) is 13.0 Å². The van der Waals surface area contributed by atoms with Crippen LogP contribution in [0.3, 0.4) is 0 Å². The number of alkyl halides is 3. The van der Waals surface area contributed by atoms with Crippen LogP contribution in [0, 0.1) is 10.1 Å². The van der Waals surface area contributed by atoms with Gasteiger partial charge in [-0.2, -0.15) is 23.3 Å². The predicted molar refractivity (Wildman–Crippen MR) is 68.0 cm³/mol. The molecule has 0 bridgehead atoms. The number of aliphatic hydroxyl groups is 1. The molecular formula is C12H10F3N3O4. The van der Waals surface area contributed by atoms with E-state index in [4.69, 9.17) is 0 Å². The predicted octanol–water partition coefficient (Wildman–Crippen LogP) is 2.07. The van der Waals surface area contributed by atoms with E-state index in [0.717, 1.165) is 24.3 Å². The lowest BCUT2D eigenvalue weighted by molar-refractivity contribution is -0.384. The van der Waals surface area contributed by atoms with Crippen LogP contribution in [-0.4, -0.2) is 38.6 Å². The second-order valence-electron chi connectivity index (χ2n) is 4.75. The van der Waals surface area contributed by atoms with Gasteiger partial charge in [0.05, 0.1) is 4.92 Å². The minimum Gasteiger partial charge on any atom is -0.362 e. The topological polar surface area (TPSA) is 96.0 Å². The number of amides is 1. The zero-order valence-electron chi connectivity index (χ0n) is 11.2. The van der Waals surface area contributed by atoms with Gasteiger partial charge >= 0.3 is 6.18 Å². The molecule has 0 saturated heterocycles. The molecule has 1 aromatic carbocycles. The van der Waals surface area contributed by atoms with E-state index in [1.807, 2.05) is 0 Å². The maximum absolute atomic E-state index is 13.0. The molecule has 1 N–H and O–H groups in total. The molecule has 0 unspecified atom stereocenters. The van der Waals surface area contributed by atoms with Crippen LogP contribution in [0.2, 0.25) is 0 Å². The fourth-order valence-electron chi connectivity index (χ4n) is 2.03. The maximum Gasteiger partial charge on any atom is 0.438 e. The summed E-state index contributed by atoms with van der Waals surface area (Å²) in [5.74, 6) is -1.28. The molecule has 1 atom stereocenters. The Morgan fingerprint density at radius 3 is 2.68 bits per heavy atom. The zero-order chi connectivity index (χ0) is 16.7. The van der Waals surface area contributed by atoms with Crippen molar-refractivity contribution in [2.24, 2.45) is 5.10 Å². The molecule has 1 aromatic rings. The summed E-state index contributed by atoms with van der Waals surface area (Å²) < 4.78 is 39.1. The fraction of sp³-hybridized carbons (Fsp3) is 0.333. The zero-order valence-corrected chi connectivity index (χ0v) is 11.2. The highest BCUT2D eigenvalue weighted by Gasteiger charge is 2.62. The number of hydrazone groups is 1. The molecule has 1 heterocycles. The van der Waals surface area contributed by atoms with E-state index in [0.29, 0.717) is 0 Å². The number of nitro groups is 1. The third kappa shape index (κ3) is 2.52. The number of carbonyl (C=O) groups excluding carboxylic acids is 1. The van der Waals surface area contributed by atoms with Gasteiger partial charge in [0.1, 0.15) is 0 Å². The highest BCUT2D eigenvalue weighted by molar-refractivity contribution is 5.98. The third-order valence-corrected chi connectivity index (χ3v) is 3.07. The minimum atomic E-state index is -5.12. The molecule has 2 rings (SSSR count). The SMILES string of the molecule is CC1=NN(C(=O)c2cccc([N+](=O)[O-])c2)[C@](O)(C(F)(F)F)C1. The van der Waals surface area contributed by atoms with Crippen molar-refractivity contribution >= 4 is 17.3 Å². The van der Waals surface area contributed by atoms with Crippen LogP contribution in [-0.2, 0) is 0 Å². The average molecular weight is 317 g/mol. The van der Waals surface area contributed by atoms with Gasteiger partial charge in [-0.25, -0.2) is 0 Å². The molecule has 1 aliphatic heterocycles. The van der Waals surface area contributed by atoms with Crippen LogP contribution in [0.4, 0.5) is 18.9 Å². The number of nitro benzene ring substituents is 1. The van der Waals surface area contributed by atoms with Crippen molar-refractivity contribution in [2.45, 2.75) is 25.2 Å². The third-order valence-electron chi connectivity index (χ3n) is 3.07. The van der Waals surface area contributed by atoms with E-state index in [1.165, 1.54) is 6.92 Å². The number of rotatable bonds is 2. The molecule has 0 saturated carbocycles. The monoisotopic (exact) mass is 317 g/mol. The van der Waals surface area contributed by atoms with Crippen LogP contribution in [0.15, 0.2) is 29.4 Å². The molecule has 0 spiro atoms. The van der Waals surface area contributed by atoms with Crippen molar-refractivity contribution in [3.8, 4) is 0 Å². The minimum absolute atomic E-state index is 0.0820. The van der Waals surface area contributed by atoms with E-state index >= 15 is 0 Å². The Labute approximate surface area is 121 Å². The molecule has 0 aromatic heterocycles. The number of carbonyl (C=O) groups is 1. The van der Waals surface area contributed by atoms with Gasteiger partial charge in [0, 0.05) is 29.8 Å². The lowest BCUT2D eigenvalue weighted by Gasteiger charge is -2.32. The van der Waals surface area contributed by atoms with Gasteiger partial charge in [0.2, 0.25) is 0 Å². The smallest absolute Gasteiger partial charge is 0.362 e. The van der Waals surface area contributed by atoms with E-state index in [1.54, 1.807) is 0 Å². The molecule has 0 fully saturated rings. The molecule has 118 valence electrons. The van der Waals surface area contributed by atoms with E-state index < -0.39 is 34.8 Å². The van der Waals surface area contributed by atoms with E-state index in [2.05, 4.69) is 5.10 Å². The molecule has 1 amide bonds. The molecule has 0 radical (unpaired) electrons. The summed E-state index contributed by atoms with van der Waals surface area (Å²) >= 11 is 0. The standard InChI is InChI=1S/C12H10F3N3O4/c1-7-6-11(20,12(13,14)15)17(16-7)10(19)8-3-2-4-9(5-8)18(21)22/h2-5,20H,6H2,1H3/t11-/m1/s1. The first-order chi connectivity index (χ1) is 10.1. The molecule has 10 heteroatoms. The summed E-state index contributed by atoms with van der Waals surface area (Å²) in [7, 11) is 0. The van der Waals surface area contributed by atoms with Crippen LogP contribution < -0.4 is 0 Å². The fourth-order valence-corrected chi connectivity index (χ4v) is 2.03. The molecule has 7 nitrogen and oxygen atoms in total. The Morgan fingerprint density at radius 1 is 1.50 bits per heavy atom. The van der Waals surface area contributed by atoms with Crippen LogP contribution in [0.25, 0.3) is 0 Å². The summed E-state index contributed by atoms with van der Waals surface area (Å²) in [4.78, 5) is 22.0. The Kier molecular flexibility index (Phi) is 3.65. The summed E-state index contributed by atoms with van der Waals surface area (Å²) in [6.07, 6.45) is -6.00. The Balaban J connectivity index is 2.43. The highest BCUT2D eigenvalue weighted by Crippen LogP contribution is 2.40. The first-order valence-electron chi connectivity index (χ1n) is 5.98. The summed E-state index contributed by atoms with van der Waals surface area (Å²) in [6.45, 7) is 1.23. The summed E-state index contributed by atoms with van der Waals surface area (Å²) in [5.41, 5.74) is -4.38. The lowest BCUT2D eigenvalue weighted by Crippen LogP contribution is -2.56. The Bertz CT molecular complexity index is 674. The molecular weight excluding hydrogens is 307 g/mol. The Hall–Kier alpha value is -2.49. The molecule has 22 heavy (non-hydrogen) atoms. The van der Waals surface area contributed by atoms with Gasteiger partial charge in [-0.15, -0.1) is 0 Å². The molecule has 1 aliphatic rings. The van der Waals surface area contributed by atoms with Crippen molar-refractivity contribution in [2.75, 3.05) is 0 Å². The van der Waals surface area contributed by atoms with Gasteiger partial charge < -0.3 is 5.11 Å². The van der Waals surface area contributed by atoms with Crippen molar-refractivity contribution in [1.29, 1.82) is 0 Å². The van der Waals surface area contributed by atoms with Gasteiger partial charge in [-0.1, -0.05) is 6.07 Å². The van der Waals surface area contributed by atoms with Crippen molar-refractivity contribution < 1.29 is 28.0 Å². The van der Waals surface area contributed by atoms with E-state index in [9.17, 15) is 33.2 Å². The first kappa shape index (κ1) is 15.9. The maximum atomic E-state index is 13.0. The van der Waals surface area contributed by atoms with Gasteiger partial charge in [0.15, 0.2) is 0 Å². The number of benzene rings is 1. The second-order valence-corrected chi connectivity index (χ2v) is 4.75. The highest BCUT2D eigenvalue weighted by atomic mass is 19.4. The number of non-ortho nitro benzene ring substituents is 1. The van der Waals surface area contributed by atoms with Crippen LogP contribution in [0.1, 0.15) is 23.7 Å². The van der Waals surface area contributed by atoms with Crippen LogP contribution >= 0.6 is 0 Å². The average Bonchev–Trinajstić information content (AvgIpc) is 2.74. The number of hydrogen-bond acceptors (Lipinski definition) is 5. The normalized spacial score (nSPS) is 21.7. The largest absolute Gasteiger partial charge is 0.438 e. The summed E-state index contributed by atoms with van der Waals surface area (Å²) in [6, 6.07) is 4.17. The molecule has 0 aliphatic carbocycles. The van der Waals surface area contributed by atoms with Crippen LogP contribution in [0.5, 0.6) is 0 Å². The van der Waals surface area contributed by atoms with Gasteiger partial charge in [-0.3, -0.25) is 14.9 Å². The van der Waals surface area contributed by atoms with Crippen molar-refractivity contribution in [3.05, 3.63) is 39.9 Å². The van der Waals surface area contributed by atoms with E-state index in [-0.39, 0.29) is 16.3 Å². The summed E-state index contributed by atoms with van der Waals surface area (Å²) in [5, 5.41) is 23.8. The Morgan fingerprint density at radius 2 is 2.14 bits per heavy atom. The quantitative estimate of drug-likeness (QED) is 0.667. The van der Waals surface area contributed by atoms with Crippen molar-refractivity contribution in [1.82, 2.24) is 5.01 Å². The van der Waals surface area contributed by atoms with Gasteiger partial charge in [0.25, 0.3) is 17.3 Å². The van der Waals surface area contributed by atoms with Crippen molar-refractivity contribution in [3.63, 3.8) is 0 Å². The number of halogens is 3. The first-order valence-corrected chi connectivity index (χ1v) is 5.98. The second kappa shape index (κ2) is 5.05. The number of hydrogen-bond donors (Lipinski definition) is 1.